The average Bonchev–Trinajstić information content (AvgIpc) is 2.33. The SMILES string of the molecule is CC1=C(C)[CH]([Ti+2])c2c(C)cccc21.[Cl-].[Cl-]. The summed E-state index contributed by atoms with van der Waals surface area (Å²) in [5.41, 5.74) is 7.44. The largest absolute Gasteiger partial charge is 1.00 e. The zero-order valence-electron chi connectivity index (χ0n) is 9.07. The molecule has 0 saturated heterocycles. The Morgan fingerprint density at radius 1 is 1.07 bits per heavy atom. The van der Waals surface area contributed by atoms with E-state index >= 15 is 0 Å². The maximum Gasteiger partial charge on any atom is -1.00 e. The number of rotatable bonds is 0. The monoisotopic (exact) mass is 275 g/mol. The van der Waals surface area contributed by atoms with Crippen molar-refractivity contribution in [2.45, 2.75) is 25.0 Å². The Balaban J connectivity index is 0.000000980. The smallest absolute Gasteiger partial charge is 1.00 e. The Morgan fingerprint density at radius 2 is 1.67 bits per heavy atom. The Morgan fingerprint density at radius 3 is 2.20 bits per heavy atom. The summed E-state index contributed by atoms with van der Waals surface area (Å²) in [5, 5.41) is 0. The van der Waals surface area contributed by atoms with Gasteiger partial charge in [-0.1, -0.05) is 0 Å². The molecule has 79 valence electrons. The molecule has 0 N–H and O–H groups in total. The Hall–Kier alpha value is 0.254. The minimum Gasteiger partial charge on any atom is -1.00 e. The van der Waals surface area contributed by atoms with Gasteiger partial charge in [-0.05, 0) is 0 Å². The van der Waals surface area contributed by atoms with Crippen LogP contribution in [0.1, 0.15) is 34.8 Å². The number of hydrogen-bond donors (Lipinski definition) is 0. The summed E-state index contributed by atoms with van der Waals surface area (Å²) in [6.45, 7) is 6.69. The van der Waals surface area contributed by atoms with Crippen molar-refractivity contribution in [2.24, 2.45) is 0 Å². The van der Waals surface area contributed by atoms with E-state index < -0.39 is 0 Å². The van der Waals surface area contributed by atoms with Crippen LogP contribution < -0.4 is 24.8 Å². The molecule has 15 heavy (non-hydrogen) atoms. The van der Waals surface area contributed by atoms with Crippen molar-refractivity contribution < 1.29 is 45.2 Å². The molecule has 1 atom stereocenters. The quantitative estimate of drug-likeness (QED) is 0.456. The first-order chi connectivity index (χ1) is 6.13. The van der Waals surface area contributed by atoms with Crippen LogP contribution in [0.25, 0.3) is 5.57 Å². The fourth-order valence-electron chi connectivity index (χ4n) is 2.04. The Kier molecular flexibility index (Phi) is 5.64. The normalized spacial score (nSPS) is 18.1. The van der Waals surface area contributed by atoms with Gasteiger partial charge in [0, 0.05) is 0 Å². The van der Waals surface area contributed by atoms with Crippen molar-refractivity contribution in [3.8, 4) is 0 Å². The van der Waals surface area contributed by atoms with Gasteiger partial charge in [0.1, 0.15) is 0 Å². The topological polar surface area (TPSA) is 0 Å². The molecule has 0 amide bonds. The minimum absolute atomic E-state index is 0. The molecule has 1 aromatic carbocycles. The van der Waals surface area contributed by atoms with Crippen LogP contribution in [0.4, 0.5) is 0 Å². The van der Waals surface area contributed by atoms with Crippen LogP contribution >= 0.6 is 0 Å². The van der Waals surface area contributed by atoms with Gasteiger partial charge in [0.2, 0.25) is 0 Å². The second-order valence-electron chi connectivity index (χ2n) is 3.78. The molecule has 0 saturated carbocycles. The van der Waals surface area contributed by atoms with Crippen molar-refractivity contribution in [3.63, 3.8) is 0 Å². The van der Waals surface area contributed by atoms with Gasteiger partial charge in [-0.25, -0.2) is 0 Å². The van der Waals surface area contributed by atoms with Gasteiger partial charge in [0.05, 0.1) is 0 Å². The first kappa shape index (κ1) is 15.3. The van der Waals surface area contributed by atoms with Crippen LogP contribution in [0.15, 0.2) is 23.8 Å². The van der Waals surface area contributed by atoms with Crippen LogP contribution in [-0.2, 0) is 20.4 Å². The first-order valence-electron chi connectivity index (χ1n) is 4.61. The van der Waals surface area contributed by atoms with E-state index in [1.54, 1.807) is 0 Å². The van der Waals surface area contributed by atoms with Gasteiger partial charge in [0.15, 0.2) is 0 Å². The zero-order chi connectivity index (χ0) is 9.59. The molecular formula is C12H13Cl2Ti. The number of allylic oxidation sites excluding steroid dienone is 2. The van der Waals surface area contributed by atoms with E-state index in [9.17, 15) is 0 Å². The summed E-state index contributed by atoms with van der Waals surface area (Å²) in [7, 11) is 0. The summed E-state index contributed by atoms with van der Waals surface area (Å²) in [4.78, 5) is 0. The Labute approximate surface area is 116 Å². The van der Waals surface area contributed by atoms with Gasteiger partial charge in [-0.2, -0.15) is 0 Å². The zero-order valence-corrected chi connectivity index (χ0v) is 12.1. The molecule has 2 rings (SSSR count). The van der Waals surface area contributed by atoms with Gasteiger partial charge in [0.25, 0.3) is 0 Å². The number of fused-ring (bicyclic) bond motifs is 1. The fraction of sp³-hybridized carbons (Fsp3) is 0.333. The molecule has 3 heteroatoms. The molecule has 0 spiro atoms. The third-order valence-electron chi connectivity index (χ3n) is 3.04. The predicted octanol–water partition coefficient (Wildman–Crippen LogP) is -2.60. The van der Waals surface area contributed by atoms with Crippen LogP contribution in [-0.4, -0.2) is 0 Å². The van der Waals surface area contributed by atoms with Crippen molar-refractivity contribution in [1.29, 1.82) is 0 Å². The predicted molar refractivity (Wildman–Crippen MR) is 52.2 cm³/mol. The summed E-state index contributed by atoms with van der Waals surface area (Å²) in [6, 6.07) is 6.61. The third kappa shape index (κ3) is 2.34. The second-order valence-corrected chi connectivity index (χ2v) is 4.68. The van der Waals surface area contributed by atoms with Gasteiger partial charge in [-0.3, -0.25) is 0 Å². The number of benzene rings is 1. The molecule has 0 nitrogen and oxygen atoms in total. The van der Waals surface area contributed by atoms with Crippen molar-refractivity contribution in [2.75, 3.05) is 0 Å². The van der Waals surface area contributed by atoms with E-state index in [1.165, 1.54) is 27.8 Å². The standard InChI is InChI=1S/C12H13.2ClH.Ti/c1-8-5-4-6-11-10(3)9(2)7-12(8)11;;;/h4-7H,1-3H3;2*1H;/q;;;+2/p-2. The van der Waals surface area contributed by atoms with Gasteiger partial charge < -0.3 is 24.8 Å². The molecule has 1 aromatic rings. The molecule has 1 aliphatic carbocycles. The van der Waals surface area contributed by atoms with Crippen LogP contribution in [0.5, 0.6) is 0 Å². The molecule has 0 radical (unpaired) electrons. The van der Waals surface area contributed by atoms with E-state index in [0.717, 1.165) is 0 Å². The molecule has 1 aliphatic rings. The van der Waals surface area contributed by atoms with Gasteiger partial charge >= 0.3 is 91.5 Å². The van der Waals surface area contributed by atoms with E-state index in [4.69, 9.17) is 0 Å². The summed E-state index contributed by atoms with van der Waals surface area (Å²) in [5.74, 6) is 0. The molecule has 0 aromatic heterocycles. The third-order valence-corrected chi connectivity index (χ3v) is 4.17. The van der Waals surface area contributed by atoms with E-state index in [2.05, 4.69) is 59.4 Å². The fourth-order valence-corrected chi connectivity index (χ4v) is 2.97. The van der Waals surface area contributed by atoms with E-state index in [0.29, 0.717) is 4.22 Å². The first-order valence-corrected chi connectivity index (χ1v) is 5.51. The number of halogens is 2. The molecule has 0 heterocycles. The Bertz CT molecular complexity index is 397. The minimum atomic E-state index is 0. The molecule has 0 fully saturated rings. The number of aryl methyl sites for hydroxylation is 1. The average molecular weight is 276 g/mol. The van der Waals surface area contributed by atoms with Crippen molar-refractivity contribution >= 4 is 5.57 Å². The molecule has 0 aliphatic heterocycles. The van der Waals surface area contributed by atoms with Crippen molar-refractivity contribution in [1.82, 2.24) is 0 Å². The van der Waals surface area contributed by atoms with Crippen molar-refractivity contribution in [3.05, 3.63) is 40.5 Å². The van der Waals surface area contributed by atoms with Crippen LogP contribution in [0, 0.1) is 6.92 Å². The van der Waals surface area contributed by atoms with Crippen LogP contribution in [0.2, 0.25) is 0 Å². The maximum absolute atomic E-state index is 2.30. The maximum atomic E-state index is 2.30. The number of hydrogen-bond acceptors (Lipinski definition) is 0. The summed E-state index contributed by atoms with van der Waals surface area (Å²) < 4.78 is 0.621. The molecule has 1 unspecified atom stereocenters. The summed E-state index contributed by atoms with van der Waals surface area (Å²) >= 11 is 2.30. The van der Waals surface area contributed by atoms with Gasteiger partial charge in [-0.15, -0.1) is 0 Å². The second kappa shape index (κ2) is 5.54. The van der Waals surface area contributed by atoms with E-state index in [-0.39, 0.29) is 24.8 Å². The molecular weight excluding hydrogens is 263 g/mol. The molecule has 0 bridgehead atoms. The van der Waals surface area contributed by atoms with Crippen LogP contribution in [0.3, 0.4) is 0 Å². The van der Waals surface area contributed by atoms with E-state index in [1.807, 2.05) is 0 Å². The summed E-state index contributed by atoms with van der Waals surface area (Å²) in [6.07, 6.45) is 0.